The number of aromatic nitrogens is 1. The number of aromatic hydroxyl groups is 1. The standard InChI is InChI=1S/C7H7F2IN2O/c8-7(9)6-5(10)3(1-11)4(13)2-12-6/h2,7,13H,1,11H2. The van der Waals surface area contributed by atoms with Gasteiger partial charge in [0.05, 0.1) is 6.20 Å². The van der Waals surface area contributed by atoms with Crippen LogP contribution < -0.4 is 5.73 Å². The van der Waals surface area contributed by atoms with Gasteiger partial charge in [0.25, 0.3) is 6.43 Å². The van der Waals surface area contributed by atoms with Gasteiger partial charge in [-0.05, 0) is 22.6 Å². The summed E-state index contributed by atoms with van der Waals surface area (Å²) in [6.45, 7) is 0.0202. The van der Waals surface area contributed by atoms with Gasteiger partial charge in [0.1, 0.15) is 11.4 Å². The van der Waals surface area contributed by atoms with E-state index in [4.69, 9.17) is 5.73 Å². The lowest BCUT2D eigenvalue weighted by molar-refractivity contribution is 0.144. The van der Waals surface area contributed by atoms with E-state index in [0.29, 0.717) is 5.56 Å². The lowest BCUT2D eigenvalue weighted by atomic mass is 10.2. The summed E-state index contributed by atoms with van der Waals surface area (Å²) < 4.78 is 24.8. The molecular weight excluding hydrogens is 293 g/mol. The molecule has 0 aliphatic rings. The van der Waals surface area contributed by atoms with E-state index < -0.39 is 6.43 Å². The Hall–Kier alpha value is -0.500. The number of rotatable bonds is 2. The molecule has 0 spiro atoms. The van der Waals surface area contributed by atoms with E-state index in [-0.39, 0.29) is 21.6 Å². The van der Waals surface area contributed by atoms with Crippen molar-refractivity contribution < 1.29 is 13.9 Å². The maximum absolute atomic E-state index is 12.3. The van der Waals surface area contributed by atoms with Gasteiger partial charge in [-0.1, -0.05) is 0 Å². The van der Waals surface area contributed by atoms with Crippen molar-refractivity contribution in [2.45, 2.75) is 13.0 Å². The van der Waals surface area contributed by atoms with Crippen molar-refractivity contribution in [3.8, 4) is 5.75 Å². The first-order valence-electron chi connectivity index (χ1n) is 3.42. The molecule has 0 aliphatic heterocycles. The number of pyridine rings is 1. The fourth-order valence-corrected chi connectivity index (χ4v) is 1.75. The van der Waals surface area contributed by atoms with E-state index in [1.54, 1.807) is 22.6 Å². The molecule has 0 saturated carbocycles. The first kappa shape index (κ1) is 10.6. The first-order chi connectivity index (χ1) is 6.07. The Labute approximate surface area is 87.1 Å². The Morgan fingerprint density at radius 1 is 1.62 bits per heavy atom. The quantitative estimate of drug-likeness (QED) is 0.819. The van der Waals surface area contributed by atoms with Crippen LogP contribution >= 0.6 is 22.6 Å². The Balaban J connectivity index is 3.27. The molecule has 72 valence electrons. The van der Waals surface area contributed by atoms with Crippen molar-refractivity contribution in [1.29, 1.82) is 0 Å². The van der Waals surface area contributed by atoms with Crippen molar-refractivity contribution in [1.82, 2.24) is 4.98 Å². The molecule has 0 aromatic carbocycles. The molecule has 6 heteroatoms. The van der Waals surface area contributed by atoms with Crippen LogP contribution in [0.4, 0.5) is 8.78 Å². The molecular formula is C7H7F2IN2O. The van der Waals surface area contributed by atoms with Crippen molar-refractivity contribution in [2.75, 3.05) is 0 Å². The second kappa shape index (κ2) is 4.14. The number of hydrogen-bond acceptors (Lipinski definition) is 3. The highest BCUT2D eigenvalue weighted by atomic mass is 127. The third kappa shape index (κ3) is 2.05. The molecule has 0 bridgehead atoms. The smallest absolute Gasteiger partial charge is 0.281 e. The zero-order valence-corrected chi connectivity index (χ0v) is 8.62. The minimum Gasteiger partial charge on any atom is -0.506 e. The van der Waals surface area contributed by atoms with E-state index in [0.717, 1.165) is 6.20 Å². The minimum atomic E-state index is -2.64. The summed E-state index contributed by atoms with van der Waals surface area (Å²) in [6.07, 6.45) is -1.65. The van der Waals surface area contributed by atoms with E-state index in [1.807, 2.05) is 0 Å². The topological polar surface area (TPSA) is 59.1 Å². The molecule has 0 radical (unpaired) electrons. The number of alkyl halides is 2. The lowest BCUT2D eigenvalue weighted by Crippen LogP contribution is -2.04. The summed E-state index contributed by atoms with van der Waals surface area (Å²) in [6, 6.07) is 0. The number of hydrogen-bond donors (Lipinski definition) is 2. The Kier molecular flexibility index (Phi) is 3.37. The van der Waals surface area contributed by atoms with Crippen molar-refractivity contribution in [3.63, 3.8) is 0 Å². The Morgan fingerprint density at radius 3 is 2.69 bits per heavy atom. The van der Waals surface area contributed by atoms with Gasteiger partial charge in [-0.3, -0.25) is 4.98 Å². The highest BCUT2D eigenvalue weighted by Gasteiger charge is 2.17. The van der Waals surface area contributed by atoms with Crippen LogP contribution in [0.5, 0.6) is 5.75 Å². The van der Waals surface area contributed by atoms with E-state index in [9.17, 15) is 13.9 Å². The molecule has 0 saturated heterocycles. The second-order valence-electron chi connectivity index (χ2n) is 2.33. The largest absolute Gasteiger partial charge is 0.506 e. The first-order valence-corrected chi connectivity index (χ1v) is 4.50. The van der Waals surface area contributed by atoms with Gasteiger partial charge >= 0.3 is 0 Å². The normalized spacial score (nSPS) is 10.8. The molecule has 0 amide bonds. The van der Waals surface area contributed by atoms with Gasteiger partial charge < -0.3 is 10.8 Å². The molecule has 13 heavy (non-hydrogen) atoms. The van der Waals surface area contributed by atoms with Crippen LogP contribution in [-0.4, -0.2) is 10.1 Å². The molecule has 1 heterocycles. The summed E-state index contributed by atoms with van der Waals surface area (Å²) >= 11 is 1.70. The average Bonchev–Trinajstić information content (AvgIpc) is 2.04. The predicted octanol–water partition coefficient (Wildman–Crippen LogP) is 1.79. The molecule has 0 atom stereocenters. The lowest BCUT2D eigenvalue weighted by Gasteiger charge is -2.08. The summed E-state index contributed by atoms with van der Waals surface area (Å²) in [5.74, 6) is -0.142. The maximum atomic E-state index is 12.3. The molecule has 1 rings (SSSR count). The SMILES string of the molecule is NCc1c(O)cnc(C(F)F)c1I. The number of nitrogens with two attached hydrogens (primary N) is 1. The minimum absolute atomic E-state index is 0.0202. The molecule has 3 N–H and O–H groups in total. The van der Waals surface area contributed by atoms with E-state index in [2.05, 4.69) is 4.98 Å². The summed E-state index contributed by atoms with van der Waals surface area (Å²) in [5, 5.41) is 9.21. The summed E-state index contributed by atoms with van der Waals surface area (Å²) in [4.78, 5) is 3.42. The third-order valence-corrected chi connectivity index (χ3v) is 2.74. The van der Waals surface area contributed by atoms with Crippen molar-refractivity contribution in [2.24, 2.45) is 5.73 Å². The molecule has 0 fully saturated rings. The van der Waals surface area contributed by atoms with Gasteiger partial charge in [-0.2, -0.15) is 0 Å². The zero-order valence-electron chi connectivity index (χ0n) is 6.47. The van der Waals surface area contributed by atoms with Gasteiger partial charge in [-0.25, -0.2) is 8.78 Å². The molecule has 1 aromatic heterocycles. The van der Waals surface area contributed by atoms with Crippen LogP contribution in [0.2, 0.25) is 0 Å². The van der Waals surface area contributed by atoms with Gasteiger partial charge in [-0.15, -0.1) is 0 Å². The van der Waals surface area contributed by atoms with Crippen LogP contribution in [0, 0.1) is 3.57 Å². The predicted molar refractivity (Wildman–Crippen MR) is 51.5 cm³/mol. The van der Waals surface area contributed by atoms with Gasteiger partial charge in [0.15, 0.2) is 0 Å². The fraction of sp³-hybridized carbons (Fsp3) is 0.286. The van der Waals surface area contributed by atoms with Crippen LogP contribution in [0.15, 0.2) is 6.20 Å². The molecule has 0 unspecified atom stereocenters. The van der Waals surface area contributed by atoms with Gasteiger partial charge in [0, 0.05) is 15.7 Å². The zero-order chi connectivity index (χ0) is 10.0. The number of nitrogens with zero attached hydrogens (tertiary/aromatic N) is 1. The summed E-state index contributed by atoms with van der Waals surface area (Å²) in [7, 11) is 0. The van der Waals surface area contributed by atoms with Gasteiger partial charge in [0.2, 0.25) is 0 Å². The number of halogens is 3. The third-order valence-electron chi connectivity index (χ3n) is 1.54. The van der Waals surface area contributed by atoms with E-state index in [1.165, 1.54) is 0 Å². The maximum Gasteiger partial charge on any atom is 0.281 e. The monoisotopic (exact) mass is 300 g/mol. The molecule has 0 aliphatic carbocycles. The molecule has 3 nitrogen and oxygen atoms in total. The van der Waals surface area contributed by atoms with Crippen molar-refractivity contribution >= 4 is 22.6 Å². The highest BCUT2D eigenvalue weighted by Crippen LogP contribution is 2.29. The van der Waals surface area contributed by atoms with E-state index >= 15 is 0 Å². The second-order valence-corrected chi connectivity index (χ2v) is 3.40. The Bertz CT molecular complexity index is 320. The van der Waals surface area contributed by atoms with Crippen LogP contribution in [0.25, 0.3) is 0 Å². The summed E-state index contributed by atoms with van der Waals surface area (Å²) in [5.41, 5.74) is 5.26. The van der Waals surface area contributed by atoms with Crippen LogP contribution in [-0.2, 0) is 6.54 Å². The van der Waals surface area contributed by atoms with Crippen LogP contribution in [0.3, 0.4) is 0 Å². The molecule has 1 aromatic rings. The van der Waals surface area contributed by atoms with Crippen molar-refractivity contribution in [3.05, 3.63) is 21.0 Å². The van der Waals surface area contributed by atoms with Crippen LogP contribution in [0.1, 0.15) is 17.7 Å². The highest BCUT2D eigenvalue weighted by molar-refractivity contribution is 14.1. The fourth-order valence-electron chi connectivity index (χ4n) is 0.879. The average molecular weight is 300 g/mol. The Morgan fingerprint density at radius 2 is 2.23 bits per heavy atom.